The van der Waals surface area contributed by atoms with Gasteiger partial charge in [-0.3, -0.25) is 62.1 Å². The number of hydrogen-bond acceptors (Lipinski definition) is 22. The van der Waals surface area contributed by atoms with Crippen LogP contribution in [0.15, 0.2) is 168 Å². The molecule has 4 heterocycles. The van der Waals surface area contributed by atoms with Crippen LogP contribution in [0, 0.1) is 23.7 Å². The Kier molecular flexibility index (Phi) is 37.0. The molecule has 13 atom stereocenters. The second-order valence-electron chi connectivity index (χ2n) is 33.2. The van der Waals surface area contributed by atoms with Crippen molar-refractivity contribution in [3.63, 3.8) is 0 Å². The average molecular weight is 1800 g/mol. The van der Waals surface area contributed by atoms with Gasteiger partial charge in [0.2, 0.25) is 65.0 Å². The molecule has 0 saturated carbocycles. The minimum atomic E-state index is -4.55. The number of aromatic nitrogens is 6. The van der Waals surface area contributed by atoms with Gasteiger partial charge in [0.05, 0.1) is 53.5 Å². The van der Waals surface area contributed by atoms with E-state index in [0.717, 1.165) is 5.69 Å². The molecule has 0 spiro atoms. The largest absolute Gasteiger partial charge is 0.391 e. The summed E-state index contributed by atoms with van der Waals surface area (Å²) in [5.74, 6) is -10.7. The van der Waals surface area contributed by atoms with Gasteiger partial charge in [-0.05, 0) is 123 Å². The van der Waals surface area contributed by atoms with Crippen molar-refractivity contribution in [1.82, 2.24) is 93.3 Å². The summed E-state index contributed by atoms with van der Waals surface area (Å²) >= 11 is 0. The maximum atomic E-state index is 15.2. The van der Waals surface area contributed by atoms with E-state index in [4.69, 9.17) is 0 Å². The molecule has 3 aromatic heterocycles. The third-order valence-corrected chi connectivity index (χ3v) is 23.2. The number of aliphatic hydroxyl groups is 1. The van der Waals surface area contributed by atoms with Gasteiger partial charge in [-0.2, -0.15) is 18.6 Å². The smallest absolute Gasteiger partial charge is 0.295 e. The first kappa shape index (κ1) is 99.5. The Morgan fingerprint density at radius 1 is 0.512 bits per heavy atom. The predicted octanol–water partition coefficient (Wildman–Crippen LogP) is 4.98. The van der Waals surface area contributed by atoms with E-state index in [0.29, 0.717) is 69.9 Å². The minimum absolute atomic E-state index is 0.00693. The van der Waals surface area contributed by atoms with Gasteiger partial charge in [0.15, 0.2) is 0 Å². The van der Waals surface area contributed by atoms with Gasteiger partial charge in [0.1, 0.15) is 65.3 Å². The zero-order valence-corrected chi connectivity index (χ0v) is 75.2. The van der Waals surface area contributed by atoms with Crippen LogP contribution in [-0.2, 0) is 88.5 Å². The lowest BCUT2D eigenvalue weighted by Crippen LogP contribution is -2.62. The maximum Gasteiger partial charge on any atom is 0.295 e. The number of azo groups is 1. The van der Waals surface area contributed by atoms with Crippen LogP contribution in [0.3, 0.4) is 0 Å². The molecule has 17 N–H and O–H groups in total. The van der Waals surface area contributed by atoms with Crippen LogP contribution in [-0.4, -0.2) is 231 Å². The third-order valence-electron chi connectivity index (χ3n) is 22.3. The number of likely N-dealkylation sites (tertiary alicyclic amines) is 1. The molecule has 0 aliphatic carbocycles. The summed E-state index contributed by atoms with van der Waals surface area (Å²) in [4.78, 5) is 199. The number of anilines is 2. The highest BCUT2D eigenvalue weighted by atomic mass is 32.2. The SMILES string of the molecule is CC[C@H](C)[C@H](NC(=O)CCCNC(=O)c1ccc(N=Nc2ccc(N(C)C)cc2)cc1)C(=O)N[C@@H](Cc1c[nH]cn1)C(=O)N1CCC[C@H]1C(=O)N[C@@H](Cc1ccccc1)C(=O)N[C@@H](Cc1c[nH]cn1)C(=O)N[C@@H](CC(C)C)C(=O)N[C@H](C(=O)N[C@H](C(=O)N[C@@H](Cc1c[nH]cn1)C(=O)N[C@H](C(=O)NCCNc1cccc2c(S(=O)(=O)O)cccc12)[C@@H](C)O)[C@@H](C)CC)C(C)C. The number of rotatable bonds is 48. The molecule has 0 radical (unpaired) electrons. The zero-order valence-electron chi connectivity index (χ0n) is 74.3. The van der Waals surface area contributed by atoms with Crippen LogP contribution in [0.25, 0.3) is 10.8 Å². The van der Waals surface area contributed by atoms with Crippen LogP contribution in [0.1, 0.15) is 140 Å². The Morgan fingerprint density at radius 3 is 1.55 bits per heavy atom. The van der Waals surface area contributed by atoms with Gasteiger partial charge in [0.25, 0.3) is 16.0 Å². The van der Waals surface area contributed by atoms with Crippen molar-refractivity contribution in [1.29, 1.82) is 0 Å². The van der Waals surface area contributed by atoms with Crippen LogP contribution in [0.4, 0.5) is 22.7 Å². The number of benzene rings is 5. The average Bonchev–Trinajstić information content (AvgIpc) is 1.40. The summed E-state index contributed by atoms with van der Waals surface area (Å²) in [6.07, 6.45) is 7.94. The topological polar surface area (TPSA) is 541 Å². The number of hydrogen-bond donors (Lipinski definition) is 17. The molecule has 0 bridgehead atoms. The van der Waals surface area contributed by atoms with Gasteiger partial charge >= 0.3 is 0 Å². The molecule has 692 valence electrons. The number of carbonyl (C=O) groups is 12. The van der Waals surface area contributed by atoms with E-state index < -0.39 is 159 Å². The van der Waals surface area contributed by atoms with E-state index in [1.54, 1.807) is 127 Å². The summed E-state index contributed by atoms with van der Waals surface area (Å²) in [7, 11) is -0.669. The molecule has 1 saturated heterocycles. The van der Waals surface area contributed by atoms with Gasteiger partial charge in [-0.15, -0.1) is 0 Å². The van der Waals surface area contributed by atoms with Crippen LogP contribution < -0.4 is 68.7 Å². The normalized spacial score (nSPS) is 15.5. The molecule has 9 rings (SSSR count). The number of nitrogens with zero attached hydrogens (tertiary/aromatic N) is 7. The molecule has 129 heavy (non-hydrogen) atoms. The highest BCUT2D eigenvalue weighted by Crippen LogP contribution is 2.30. The quantitative estimate of drug-likeness (QED) is 0.0136. The number of aromatic amines is 3. The Bertz CT molecular complexity index is 5230. The summed E-state index contributed by atoms with van der Waals surface area (Å²) < 4.78 is 34.0. The lowest BCUT2D eigenvalue weighted by Gasteiger charge is -2.31. The zero-order chi connectivity index (χ0) is 93.6. The number of imidazole rings is 3. The Hall–Kier alpha value is -13.3. The first-order valence-corrected chi connectivity index (χ1v) is 44.8. The first-order chi connectivity index (χ1) is 61.6. The lowest BCUT2D eigenvalue weighted by molar-refractivity contribution is -0.142. The molecule has 1 aliphatic heterocycles. The summed E-state index contributed by atoms with van der Waals surface area (Å²) in [5.41, 5.74) is 4.72. The van der Waals surface area contributed by atoms with Crippen LogP contribution in [0.2, 0.25) is 0 Å². The van der Waals surface area contributed by atoms with Crippen LogP contribution in [0.5, 0.6) is 0 Å². The summed E-state index contributed by atoms with van der Waals surface area (Å²) in [5, 5.41) is 53.9. The fourth-order valence-corrected chi connectivity index (χ4v) is 15.4. The molecular weight excluding hydrogens is 1680 g/mol. The third kappa shape index (κ3) is 29.4. The molecular formula is C90H120N22O16S. The molecule has 0 unspecified atom stereocenters. The molecule has 12 amide bonds. The molecule has 5 aromatic carbocycles. The van der Waals surface area contributed by atoms with E-state index in [-0.39, 0.29) is 99.7 Å². The van der Waals surface area contributed by atoms with Crippen molar-refractivity contribution in [2.45, 2.75) is 204 Å². The van der Waals surface area contributed by atoms with Gasteiger partial charge in [0, 0.05) is 119 Å². The highest BCUT2D eigenvalue weighted by molar-refractivity contribution is 7.86. The van der Waals surface area contributed by atoms with Gasteiger partial charge in [-0.25, -0.2) is 15.0 Å². The van der Waals surface area contributed by atoms with Gasteiger partial charge < -0.3 is 93.7 Å². The second kappa shape index (κ2) is 48.0. The molecule has 39 heteroatoms. The Balaban J connectivity index is 0.836. The van der Waals surface area contributed by atoms with Crippen molar-refractivity contribution in [2.24, 2.45) is 33.9 Å². The minimum Gasteiger partial charge on any atom is -0.391 e. The van der Waals surface area contributed by atoms with Crippen molar-refractivity contribution < 1.29 is 75.6 Å². The molecule has 1 fully saturated rings. The number of carbonyl (C=O) groups excluding carboxylic acids is 12. The van der Waals surface area contributed by atoms with E-state index in [1.165, 1.54) is 61.4 Å². The lowest BCUT2D eigenvalue weighted by atomic mass is 9.95. The molecule has 1 aliphatic rings. The number of H-pyrrole nitrogens is 3. The molecule has 38 nitrogen and oxygen atoms in total. The van der Waals surface area contributed by atoms with Crippen molar-refractivity contribution in [2.75, 3.05) is 50.5 Å². The van der Waals surface area contributed by atoms with E-state index in [9.17, 15) is 56.4 Å². The van der Waals surface area contributed by atoms with Crippen molar-refractivity contribution in [3.05, 3.63) is 181 Å². The monoisotopic (exact) mass is 1800 g/mol. The van der Waals surface area contributed by atoms with E-state index in [2.05, 4.69) is 104 Å². The van der Waals surface area contributed by atoms with Gasteiger partial charge in [-0.1, -0.05) is 123 Å². The summed E-state index contributed by atoms with van der Waals surface area (Å²) in [6.45, 7) is 15.5. The van der Waals surface area contributed by atoms with Crippen LogP contribution >= 0.6 is 0 Å². The van der Waals surface area contributed by atoms with E-state index in [1.807, 2.05) is 50.2 Å². The first-order valence-electron chi connectivity index (χ1n) is 43.4. The summed E-state index contributed by atoms with van der Waals surface area (Å²) in [6, 6.07) is 18.4. The maximum absolute atomic E-state index is 15.2. The Labute approximate surface area is 749 Å². The Morgan fingerprint density at radius 2 is 1.01 bits per heavy atom. The number of amides is 12. The van der Waals surface area contributed by atoms with Crippen molar-refractivity contribution in [3.8, 4) is 0 Å². The fraction of sp³-hybridized carbons (Fsp3) is 0.456. The number of fused-ring (bicyclic) bond motifs is 1. The number of nitrogens with one attached hydrogen (secondary N) is 15. The van der Waals surface area contributed by atoms with E-state index >= 15 is 19.2 Å². The fourth-order valence-electron chi connectivity index (χ4n) is 14.7. The molecule has 8 aromatic rings. The van der Waals surface area contributed by atoms with Crippen molar-refractivity contribution >= 4 is 115 Å². The second-order valence-corrected chi connectivity index (χ2v) is 34.6. The standard InChI is InChI=1S/C90H120N22O16S/c1-12-54(7)77(105-75(114)28-19-37-95-80(115)58-29-31-59(32-30-58)109-110-60-33-35-64(36-34-60)111(10)11)88(123)104-72(45-63-48-93-51-99-63)90(125)112-40-20-26-73(112)85(120)102-69(42-57-21-15-14-16-22-57)81(116)101-70(43-61-46-91-49-97-61)82(117)100-68(41-52(3)4)83(118)106-76(53(5)6)87(122)107-78(55(8)13-2)89(124)103-71(44-62-47-92-50-98-62)84(119)108-79(56(9)113)86(121)96-39-38-94-67-25-17-24-66-65(67)23-18-27-74(66)129(126,127)128/h14-18,21-25,27,29-36,46-56,68-73,76-79,94,113H,12-13,19-20,26,28,37-45H2,1-11H3,(H,91,97)(H,92,98)(H,93,99)(H,95,115)(H,96,121)(H,100,117)(H,101,116)(H,102,120)(H,103,124)(H,104,123)(H,105,114)(H,106,118)(H,107,122)(H,108,119)(H,126,127,128)/t54-,55-,56+,68-,69-,70-,71-,72-,73-,76-,77-,78-,79-/m0/s1. The number of aliphatic hydroxyl groups excluding tert-OH is 1. The predicted molar refractivity (Wildman–Crippen MR) is 482 cm³/mol. The highest BCUT2D eigenvalue weighted by Gasteiger charge is 2.43.